The number of hydrogen-bond donors (Lipinski definition) is 0. The molecule has 1 amide bonds. The average Bonchev–Trinajstić information content (AvgIpc) is 3.02. The zero-order valence-corrected chi connectivity index (χ0v) is 12.9. The van der Waals surface area contributed by atoms with E-state index in [1.807, 2.05) is 36.4 Å². The Kier molecular flexibility index (Phi) is 3.38. The van der Waals surface area contributed by atoms with E-state index in [4.69, 9.17) is 0 Å². The Labute approximate surface area is 123 Å². The van der Waals surface area contributed by atoms with E-state index < -0.39 is 0 Å². The Morgan fingerprint density at radius 3 is 2.95 bits per heavy atom. The quantitative estimate of drug-likeness (QED) is 0.852. The minimum atomic E-state index is -0.233. The SMILES string of the molecule is Cc1cc(C)n([C@H](C)C(=O)N2CCc3sccc3C2)n1. The molecule has 20 heavy (non-hydrogen) atoms. The topological polar surface area (TPSA) is 38.1 Å². The van der Waals surface area contributed by atoms with Gasteiger partial charge in [-0.05, 0) is 50.3 Å². The molecule has 3 rings (SSSR count). The fraction of sp³-hybridized carbons (Fsp3) is 0.467. The number of carbonyl (C=O) groups excluding carboxylic acids is 1. The molecular formula is C15H19N3OS. The van der Waals surface area contributed by atoms with Crippen LogP contribution in [-0.4, -0.2) is 27.1 Å². The van der Waals surface area contributed by atoms with Crippen LogP contribution < -0.4 is 0 Å². The maximum absolute atomic E-state index is 12.7. The van der Waals surface area contributed by atoms with Crippen molar-refractivity contribution in [3.63, 3.8) is 0 Å². The number of hydrogen-bond acceptors (Lipinski definition) is 3. The number of nitrogens with zero attached hydrogens (tertiary/aromatic N) is 3. The third kappa shape index (κ3) is 2.26. The van der Waals surface area contributed by atoms with Crippen molar-refractivity contribution in [1.29, 1.82) is 0 Å². The summed E-state index contributed by atoms with van der Waals surface area (Å²) in [6.45, 7) is 7.44. The first-order chi connectivity index (χ1) is 9.56. The van der Waals surface area contributed by atoms with Gasteiger partial charge in [0, 0.05) is 23.7 Å². The second-order valence-electron chi connectivity index (χ2n) is 5.43. The number of aromatic nitrogens is 2. The van der Waals surface area contributed by atoms with Crippen molar-refractivity contribution in [1.82, 2.24) is 14.7 Å². The van der Waals surface area contributed by atoms with Gasteiger partial charge in [-0.25, -0.2) is 0 Å². The summed E-state index contributed by atoms with van der Waals surface area (Å²) in [5.41, 5.74) is 3.30. The summed E-state index contributed by atoms with van der Waals surface area (Å²) < 4.78 is 1.83. The van der Waals surface area contributed by atoms with E-state index >= 15 is 0 Å². The summed E-state index contributed by atoms with van der Waals surface area (Å²) in [6, 6.07) is 3.91. The summed E-state index contributed by atoms with van der Waals surface area (Å²) in [6.07, 6.45) is 0.975. The fourth-order valence-electron chi connectivity index (χ4n) is 2.84. The number of amides is 1. The number of carbonyl (C=O) groups is 1. The Hall–Kier alpha value is -1.62. The molecule has 1 aliphatic rings. The summed E-state index contributed by atoms with van der Waals surface area (Å²) in [7, 11) is 0. The number of aryl methyl sites for hydroxylation is 2. The molecule has 106 valence electrons. The normalized spacial score (nSPS) is 16.1. The molecule has 0 saturated carbocycles. The number of rotatable bonds is 2. The lowest BCUT2D eigenvalue weighted by Gasteiger charge is -2.29. The molecule has 0 aliphatic carbocycles. The van der Waals surface area contributed by atoms with Crippen molar-refractivity contribution in [2.45, 2.75) is 39.8 Å². The van der Waals surface area contributed by atoms with Gasteiger partial charge in [-0.3, -0.25) is 9.48 Å². The second-order valence-corrected chi connectivity index (χ2v) is 6.43. The van der Waals surface area contributed by atoms with Crippen LogP contribution >= 0.6 is 11.3 Å². The van der Waals surface area contributed by atoms with E-state index in [0.717, 1.165) is 30.9 Å². The van der Waals surface area contributed by atoms with E-state index in [1.165, 1.54) is 10.4 Å². The third-order valence-electron chi connectivity index (χ3n) is 3.89. The summed E-state index contributed by atoms with van der Waals surface area (Å²) in [5.74, 6) is 0.160. The molecule has 0 fully saturated rings. The van der Waals surface area contributed by atoms with E-state index in [-0.39, 0.29) is 11.9 Å². The molecule has 2 aromatic heterocycles. The molecule has 1 aliphatic heterocycles. The van der Waals surface area contributed by atoms with Gasteiger partial charge in [0.15, 0.2) is 0 Å². The Morgan fingerprint density at radius 1 is 1.45 bits per heavy atom. The van der Waals surface area contributed by atoms with Crippen LogP contribution in [0.5, 0.6) is 0 Å². The van der Waals surface area contributed by atoms with E-state index in [0.29, 0.717) is 0 Å². The Morgan fingerprint density at radius 2 is 2.25 bits per heavy atom. The number of fused-ring (bicyclic) bond motifs is 1. The van der Waals surface area contributed by atoms with Crippen molar-refractivity contribution < 1.29 is 4.79 Å². The largest absolute Gasteiger partial charge is 0.336 e. The molecule has 5 heteroatoms. The lowest BCUT2D eigenvalue weighted by molar-refractivity contribution is -0.135. The Balaban J connectivity index is 1.78. The third-order valence-corrected chi connectivity index (χ3v) is 4.91. The molecule has 0 unspecified atom stereocenters. The van der Waals surface area contributed by atoms with Crippen LogP contribution in [0.3, 0.4) is 0 Å². The van der Waals surface area contributed by atoms with Crippen LogP contribution in [0, 0.1) is 13.8 Å². The van der Waals surface area contributed by atoms with Gasteiger partial charge in [0.2, 0.25) is 5.91 Å². The second kappa shape index (κ2) is 5.05. The molecule has 0 radical (unpaired) electrons. The Bertz CT molecular complexity index is 643. The smallest absolute Gasteiger partial charge is 0.247 e. The van der Waals surface area contributed by atoms with Crippen molar-refractivity contribution in [2.24, 2.45) is 0 Å². The van der Waals surface area contributed by atoms with Gasteiger partial charge >= 0.3 is 0 Å². The monoisotopic (exact) mass is 289 g/mol. The first-order valence-electron chi connectivity index (χ1n) is 6.93. The first kappa shape index (κ1) is 13.4. The molecule has 1 atom stereocenters. The van der Waals surface area contributed by atoms with Crippen LogP contribution in [0.1, 0.15) is 34.8 Å². The highest BCUT2D eigenvalue weighted by Crippen LogP contribution is 2.25. The van der Waals surface area contributed by atoms with Crippen LogP contribution in [0.15, 0.2) is 17.5 Å². The lowest BCUT2D eigenvalue weighted by Crippen LogP contribution is -2.39. The molecule has 4 nitrogen and oxygen atoms in total. The van der Waals surface area contributed by atoms with Gasteiger partial charge in [0.1, 0.15) is 6.04 Å². The van der Waals surface area contributed by atoms with Gasteiger partial charge in [-0.1, -0.05) is 0 Å². The van der Waals surface area contributed by atoms with Crippen LogP contribution in [0.2, 0.25) is 0 Å². The van der Waals surface area contributed by atoms with Gasteiger partial charge < -0.3 is 4.90 Å². The van der Waals surface area contributed by atoms with E-state index in [2.05, 4.69) is 16.5 Å². The van der Waals surface area contributed by atoms with Crippen molar-refractivity contribution >= 4 is 17.2 Å². The fourth-order valence-corrected chi connectivity index (χ4v) is 3.73. The maximum atomic E-state index is 12.7. The lowest BCUT2D eigenvalue weighted by atomic mass is 10.1. The zero-order valence-electron chi connectivity index (χ0n) is 12.1. The summed E-state index contributed by atoms with van der Waals surface area (Å²) >= 11 is 1.79. The van der Waals surface area contributed by atoms with Gasteiger partial charge in [0.05, 0.1) is 5.69 Å². The van der Waals surface area contributed by atoms with Crippen molar-refractivity contribution in [2.75, 3.05) is 6.54 Å². The molecule has 0 aromatic carbocycles. The summed E-state index contributed by atoms with van der Waals surface area (Å²) in [5, 5.41) is 6.55. The van der Waals surface area contributed by atoms with Crippen LogP contribution in [0.4, 0.5) is 0 Å². The number of thiophene rings is 1. The van der Waals surface area contributed by atoms with Crippen LogP contribution in [-0.2, 0) is 17.8 Å². The molecule has 2 aromatic rings. The molecule has 3 heterocycles. The van der Waals surface area contributed by atoms with E-state index in [1.54, 1.807) is 11.3 Å². The highest BCUT2D eigenvalue weighted by Gasteiger charge is 2.27. The minimum Gasteiger partial charge on any atom is -0.336 e. The maximum Gasteiger partial charge on any atom is 0.247 e. The molecule has 0 N–H and O–H groups in total. The molecular weight excluding hydrogens is 270 g/mol. The minimum absolute atomic E-state index is 0.160. The first-order valence-corrected chi connectivity index (χ1v) is 7.81. The molecule has 0 spiro atoms. The predicted octanol–water partition coefficient (Wildman–Crippen LogP) is 2.71. The van der Waals surface area contributed by atoms with Crippen molar-refractivity contribution in [3.05, 3.63) is 39.3 Å². The highest BCUT2D eigenvalue weighted by molar-refractivity contribution is 7.10. The van der Waals surface area contributed by atoms with E-state index in [9.17, 15) is 4.79 Å². The predicted molar refractivity (Wildman–Crippen MR) is 79.9 cm³/mol. The van der Waals surface area contributed by atoms with Gasteiger partial charge in [-0.2, -0.15) is 5.10 Å². The van der Waals surface area contributed by atoms with Gasteiger partial charge in [0.25, 0.3) is 0 Å². The molecule has 0 bridgehead atoms. The van der Waals surface area contributed by atoms with Crippen molar-refractivity contribution in [3.8, 4) is 0 Å². The average molecular weight is 289 g/mol. The highest BCUT2D eigenvalue weighted by atomic mass is 32.1. The zero-order chi connectivity index (χ0) is 14.3. The standard InChI is InChI=1S/C15H19N3OS/c1-10-8-11(2)18(16-10)12(3)15(19)17-6-4-14-13(9-17)5-7-20-14/h5,7-8,12H,4,6,9H2,1-3H3/t12-/m1/s1. The summed E-state index contributed by atoms with van der Waals surface area (Å²) in [4.78, 5) is 16.0. The molecule has 0 saturated heterocycles. The van der Waals surface area contributed by atoms with Crippen LogP contribution in [0.25, 0.3) is 0 Å². The van der Waals surface area contributed by atoms with Gasteiger partial charge in [-0.15, -0.1) is 11.3 Å².